The van der Waals surface area contributed by atoms with Gasteiger partial charge in [0.15, 0.2) is 0 Å². The van der Waals surface area contributed by atoms with E-state index in [9.17, 15) is 0 Å². The second-order valence-electron chi connectivity index (χ2n) is 2.81. The minimum Gasteiger partial charge on any atom is -0.343 e. The molecule has 0 rings (SSSR count). The van der Waals surface area contributed by atoms with Crippen LogP contribution in [-0.2, 0) is 19.5 Å². The molecule has 7 heavy (non-hydrogen) atoms. The van der Waals surface area contributed by atoms with E-state index in [0.717, 1.165) is 6.42 Å². The molecule has 0 radical (unpaired) electrons. The van der Waals surface area contributed by atoms with Crippen LogP contribution in [0.3, 0.4) is 0 Å². The predicted molar refractivity (Wildman–Crippen MR) is 29.4 cm³/mol. The molecule has 0 fully saturated rings. The van der Waals surface area contributed by atoms with Crippen LogP contribution in [0.15, 0.2) is 0 Å². The van der Waals surface area contributed by atoms with Crippen LogP contribution in [0.2, 0.25) is 0 Å². The SMILES string of the molecule is [CH2-]CC(C)(C)C.[Zn+2]. The topological polar surface area (TPSA) is 0 Å². The van der Waals surface area contributed by atoms with E-state index >= 15 is 0 Å². The van der Waals surface area contributed by atoms with Crippen LogP contribution in [0.4, 0.5) is 0 Å². The number of hydrogen-bond acceptors (Lipinski definition) is 0. The Kier molecular flexibility index (Phi) is 5.44. The van der Waals surface area contributed by atoms with Crippen LogP contribution < -0.4 is 0 Å². The van der Waals surface area contributed by atoms with Crippen LogP contribution in [0.5, 0.6) is 0 Å². The second kappa shape index (κ2) is 3.60. The average Bonchev–Trinajstić information content (AvgIpc) is 1.35. The Morgan fingerprint density at radius 3 is 1.43 bits per heavy atom. The molecule has 0 heterocycles. The van der Waals surface area contributed by atoms with E-state index in [1.807, 2.05) is 0 Å². The Hall–Kier alpha value is 0.623. The average molecular weight is 151 g/mol. The van der Waals surface area contributed by atoms with Crippen molar-refractivity contribution in [2.75, 3.05) is 0 Å². The third kappa shape index (κ3) is 10.8. The van der Waals surface area contributed by atoms with Crippen molar-refractivity contribution in [3.8, 4) is 0 Å². The largest absolute Gasteiger partial charge is 2.00 e. The van der Waals surface area contributed by atoms with Gasteiger partial charge < -0.3 is 6.92 Å². The van der Waals surface area contributed by atoms with E-state index in [4.69, 9.17) is 0 Å². The summed E-state index contributed by atoms with van der Waals surface area (Å²) in [5.41, 5.74) is 0.431. The first-order valence-corrected chi connectivity index (χ1v) is 2.35. The maximum absolute atomic E-state index is 3.76. The Bertz CT molecular complexity index is 33.9. The van der Waals surface area contributed by atoms with Crippen LogP contribution in [0.25, 0.3) is 0 Å². The third-order valence-electron chi connectivity index (χ3n) is 0.750. The maximum atomic E-state index is 3.76. The molecule has 0 bridgehead atoms. The third-order valence-corrected chi connectivity index (χ3v) is 0.750. The Morgan fingerprint density at radius 2 is 1.43 bits per heavy atom. The van der Waals surface area contributed by atoms with Gasteiger partial charge in [-0.3, -0.25) is 0 Å². The second-order valence-corrected chi connectivity index (χ2v) is 2.81. The summed E-state index contributed by atoms with van der Waals surface area (Å²) in [7, 11) is 0. The van der Waals surface area contributed by atoms with Gasteiger partial charge in [0.25, 0.3) is 0 Å². The molecule has 0 aromatic rings. The molecule has 0 aliphatic rings. The van der Waals surface area contributed by atoms with Crippen molar-refractivity contribution >= 4 is 0 Å². The zero-order chi connectivity index (χ0) is 5.21. The summed E-state index contributed by atoms with van der Waals surface area (Å²) in [5, 5.41) is 0. The van der Waals surface area contributed by atoms with Crippen molar-refractivity contribution in [3.05, 3.63) is 6.92 Å². The summed E-state index contributed by atoms with van der Waals surface area (Å²) in [6.07, 6.45) is 1.02. The molecule has 0 spiro atoms. The van der Waals surface area contributed by atoms with E-state index in [1.54, 1.807) is 0 Å². The fraction of sp³-hybridized carbons (Fsp3) is 0.833. The Morgan fingerprint density at radius 1 is 1.29 bits per heavy atom. The molecule has 0 saturated carbocycles. The Balaban J connectivity index is 0. The predicted octanol–water partition coefficient (Wildman–Crippen LogP) is 2.25. The van der Waals surface area contributed by atoms with Crippen LogP contribution in [0.1, 0.15) is 27.2 Å². The van der Waals surface area contributed by atoms with Crippen molar-refractivity contribution < 1.29 is 19.5 Å². The van der Waals surface area contributed by atoms with E-state index in [1.165, 1.54) is 0 Å². The molecule has 0 unspecified atom stereocenters. The summed E-state index contributed by atoms with van der Waals surface area (Å²) < 4.78 is 0. The molecule has 1 heteroatoms. The monoisotopic (exact) mass is 149 g/mol. The summed E-state index contributed by atoms with van der Waals surface area (Å²) in [6, 6.07) is 0. The van der Waals surface area contributed by atoms with Gasteiger partial charge in [0.1, 0.15) is 0 Å². The fourth-order valence-electron chi connectivity index (χ4n) is 0. The molecule has 0 aromatic carbocycles. The van der Waals surface area contributed by atoms with E-state index in [-0.39, 0.29) is 19.5 Å². The first-order chi connectivity index (χ1) is 2.56. The molecular weight excluding hydrogens is 137 g/mol. The van der Waals surface area contributed by atoms with E-state index in [0.29, 0.717) is 5.41 Å². The zero-order valence-electron chi connectivity index (χ0n) is 5.62. The zero-order valence-corrected chi connectivity index (χ0v) is 8.59. The first kappa shape index (κ1) is 10.6. The van der Waals surface area contributed by atoms with Crippen molar-refractivity contribution in [2.24, 2.45) is 5.41 Å². The van der Waals surface area contributed by atoms with Crippen molar-refractivity contribution in [1.82, 2.24) is 0 Å². The summed E-state index contributed by atoms with van der Waals surface area (Å²) in [5.74, 6) is 0. The molecule has 0 nitrogen and oxygen atoms in total. The number of rotatable bonds is 0. The van der Waals surface area contributed by atoms with Crippen LogP contribution >= 0.6 is 0 Å². The van der Waals surface area contributed by atoms with E-state index < -0.39 is 0 Å². The minimum atomic E-state index is 0. The van der Waals surface area contributed by atoms with Gasteiger partial charge in [0, 0.05) is 0 Å². The summed E-state index contributed by atoms with van der Waals surface area (Å²) >= 11 is 0. The maximum Gasteiger partial charge on any atom is 2.00 e. The van der Waals surface area contributed by atoms with Crippen LogP contribution in [0, 0.1) is 12.3 Å². The molecule has 0 aliphatic carbocycles. The quantitative estimate of drug-likeness (QED) is 0.367. The molecule has 0 aromatic heterocycles. The molecule has 0 atom stereocenters. The first-order valence-electron chi connectivity index (χ1n) is 2.35. The van der Waals surface area contributed by atoms with Gasteiger partial charge in [-0.15, -0.1) is 0 Å². The molecule has 0 amide bonds. The molecule has 0 saturated heterocycles. The van der Waals surface area contributed by atoms with Crippen molar-refractivity contribution in [3.63, 3.8) is 0 Å². The van der Waals surface area contributed by atoms with Gasteiger partial charge in [-0.2, -0.15) is 6.42 Å². The summed E-state index contributed by atoms with van der Waals surface area (Å²) in [4.78, 5) is 0. The van der Waals surface area contributed by atoms with Gasteiger partial charge in [-0.25, -0.2) is 0 Å². The van der Waals surface area contributed by atoms with E-state index in [2.05, 4.69) is 27.7 Å². The van der Waals surface area contributed by atoms with Gasteiger partial charge >= 0.3 is 19.5 Å². The Labute approximate surface area is 59.4 Å². The normalized spacial score (nSPS) is 10.3. The number of hydrogen-bond donors (Lipinski definition) is 0. The molecule has 0 N–H and O–H groups in total. The van der Waals surface area contributed by atoms with Gasteiger partial charge in [-0.1, -0.05) is 26.2 Å². The molecule has 0 aliphatic heterocycles. The molecule has 38 valence electrons. The summed E-state index contributed by atoms with van der Waals surface area (Å²) in [6.45, 7) is 10.3. The molecular formula is C6H13Zn+. The standard InChI is InChI=1S/C6H13.Zn/c1-5-6(2,3)4;/h1,5H2,2-4H3;/q-1;+2. The van der Waals surface area contributed by atoms with Crippen molar-refractivity contribution in [1.29, 1.82) is 0 Å². The fourth-order valence-corrected chi connectivity index (χ4v) is 0. The van der Waals surface area contributed by atoms with Gasteiger partial charge in [-0.05, 0) is 0 Å². The van der Waals surface area contributed by atoms with Gasteiger partial charge in [0.2, 0.25) is 0 Å². The van der Waals surface area contributed by atoms with Crippen molar-refractivity contribution in [2.45, 2.75) is 27.2 Å². The van der Waals surface area contributed by atoms with Crippen LogP contribution in [-0.4, -0.2) is 0 Å². The minimum absolute atomic E-state index is 0. The smallest absolute Gasteiger partial charge is 0.343 e. The van der Waals surface area contributed by atoms with Gasteiger partial charge in [0.05, 0.1) is 0 Å².